The van der Waals surface area contributed by atoms with Crippen LogP contribution in [0.5, 0.6) is 11.5 Å². The van der Waals surface area contributed by atoms with Crippen LogP contribution in [-0.2, 0) is 6.61 Å². The lowest BCUT2D eigenvalue weighted by Gasteiger charge is -2.35. The summed E-state index contributed by atoms with van der Waals surface area (Å²) in [6.07, 6.45) is 2.68. The zero-order valence-electron chi connectivity index (χ0n) is 17.0. The topological polar surface area (TPSA) is 33.7 Å². The largest absolute Gasteiger partial charge is 0.490 e. The van der Waals surface area contributed by atoms with E-state index in [2.05, 4.69) is 40.5 Å². The average molecular weight is 439 g/mol. The fourth-order valence-corrected chi connectivity index (χ4v) is 3.98. The molecular formula is C23H32Cl2N2O2. The van der Waals surface area contributed by atoms with Gasteiger partial charge in [-0.25, -0.2) is 0 Å². The molecule has 1 aliphatic heterocycles. The minimum atomic E-state index is 0. The first-order valence-corrected chi connectivity index (χ1v) is 10.2. The van der Waals surface area contributed by atoms with Crippen LogP contribution in [-0.4, -0.2) is 37.7 Å². The van der Waals surface area contributed by atoms with Crippen molar-refractivity contribution in [3.8, 4) is 11.5 Å². The number of nitrogens with one attached hydrogen (secondary N) is 1. The zero-order valence-corrected chi connectivity index (χ0v) is 18.6. The third kappa shape index (κ3) is 6.26. The van der Waals surface area contributed by atoms with Gasteiger partial charge in [-0.1, -0.05) is 36.4 Å². The number of hydrogen-bond donors (Lipinski definition) is 1. The maximum Gasteiger partial charge on any atom is 0.161 e. The lowest BCUT2D eigenvalue weighted by molar-refractivity contribution is 0.155. The minimum absolute atomic E-state index is 0. The van der Waals surface area contributed by atoms with Gasteiger partial charge in [0.25, 0.3) is 0 Å². The van der Waals surface area contributed by atoms with Crippen molar-refractivity contribution in [3.05, 3.63) is 59.7 Å². The molecule has 0 unspecified atom stereocenters. The highest BCUT2D eigenvalue weighted by Crippen LogP contribution is 2.46. The molecule has 29 heavy (non-hydrogen) atoms. The molecule has 0 amide bonds. The first kappa shape index (κ1) is 23.8. The van der Waals surface area contributed by atoms with E-state index >= 15 is 0 Å². The van der Waals surface area contributed by atoms with Crippen molar-refractivity contribution in [2.75, 3.05) is 32.8 Å². The van der Waals surface area contributed by atoms with E-state index < -0.39 is 0 Å². The van der Waals surface area contributed by atoms with E-state index in [1.807, 2.05) is 25.1 Å². The van der Waals surface area contributed by atoms with Gasteiger partial charge in [-0.2, -0.15) is 0 Å². The summed E-state index contributed by atoms with van der Waals surface area (Å²) in [6.45, 7) is 7.65. The Balaban J connectivity index is 0.00000150. The fraction of sp³-hybridized carbons (Fsp3) is 0.478. The van der Waals surface area contributed by atoms with Gasteiger partial charge < -0.3 is 14.8 Å². The molecule has 2 aliphatic rings. The molecule has 1 saturated carbocycles. The Bertz CT molecular complexity index is 735. The molecule has 4 nitrogen and oxygen atoms in total. The minimum Gasteiger partial charge on any atom is -0.490 e. The highest BCUT2D eigenvalue weighted by atomic mass is 35.5. The highest BCUT2D eigenvalue weighted by molar-refractivity contribution is 5.85. The Morgan fingerprint density at radius 2 is 1.69 bits per heavy atom. The van der Waals surface area contributed by atoms with Crippen LogP contribution in [0.2, 0.25) is 0 Å². The van der Waals surface area contributed by atoms with Gasteiger partial charge in [-0.3, -0.25) is 4.90 Å². The first-order valence-electron chi connectivity index (χ1n) is 10.2. The summed E-state index contributed by atoms with van der Waals surface area (Å²) in [5, 5.41) is 3.47. The van der Waals surface area contributed by atoms with Crippen LogP contribution >= 0.6 is 24.8 Å². The Labute approximate surface area is 186 Å². The molecule has 6 heteroatoms. The molecule has 0 radical (unpaired) electrons. The van der Waals surface area contributed by atoms with Crippen molar-refractivity contribution in [2.45, 2.75) is 32.4 Å². The molecular weight excluding hydrogens is 407 g/mol. The molecule has 1 heterocycles. The second-order valence-corrected chi connectivity index (χ2v) is 7.48. The van der Waals surface area contributed by atoms with Crippen LogP contribution in [0, 0.1) is 5.92 Å². The van der Waals surface area contributed by atoms with Gasteiger partial charge in [-0.05, 0) is 48.9 Å². The number of piperazine rings is 1. The summed E-state index contributed by atoms with van der Waals surface area (Å²) in [5.41, 5.74) is 2.54. The van der Waals surface area contributed by atoms with Gasteiger partial charge in [-0.15, -0.1) is 24.8 Å². The summed E-state index contributed by atoms with van der Waals surface area (Å²) in [7, 11) is 0. The van der Waals surface area contributed by atoms with E-state index in [1.54, 1.807) is 0 Å². The van der Waals surface area contributed by atoms with Crippen molar-refractivity contribution in [1.82, 2.24) is 10.2 Å². The Morgan fingerprint density at radius 1 is 0.966 bits per heavy atom. The maximum atomic E-state index is 6.08. The Morgan fingerprint density at radius 3 is 2.34 bits per heavy atom. The summed E-state index contributed by atoms with van der Waals surface area (Å²) < 4.78 is 12.0. The lowest BCUT2D eigenvalue weighted by atomic mass is 9.99. The summed E-state index contributed by atoms with van der Waals surface area (Å²) in [6, 6.07) is 17.3. The molecule has 160 valence electrons. The highest BCUT2D eigenvalue weighted by Gasteiger charge is 2.37. The van der Waals surface area contributed by atoms with E-state index in [9.17, 15) is 0 Å². The number of ether oxygens (including phenoxy) is 2. The SMILES string of the molecule is CCOc1cc([C@@H](C2CC2)N2CCNCC2)ccc1OCc1ccccc1.Cl.Cl. The van der Waals surface area contributed by atoms with Gasteiger partial charge in [0.15, 0.2) is 11.5 Å². The molecule has 2 aromatic carbocycles. The molecule has 4 rings (SSSR count). The average Bonchev–Trinajstić information content (AvgIpc) is 3.54. The predicted molar refractivity (Wildman–Crippen MR) is 123 cm³/mol. The third-order valence-electron chi connectivity index (χ3n) is 5.46. The van der Waals surface area contributed by atoms with Crippen molar-refractivity contribution in [2.24, 2.45) is 5.92 Å². The quantitative estimate of drug-likeness (QED) is 0.637. The zero-order chi connectivity index (χ0) is 18.5. The molecule has 0 bridgehead atoms. The van der Waals surface area contributed by atoms with Gasteiger partial charge in [0, 0.05) is 32.2 Å². The second kappa shape index (κ2) is 11.7. The molecule has 0 aromatic heterocycles. The van der Waals surface area contributed by atoms with Gasteiger partial charge >= 0.3 is 0 Å². The monoisotopic (exact) mass is 438 g/mol. The van der Waals surface area contributed by atoms with Crippen LogP contribution in [0.25, 0.3) is 0 Å². The van der Waals surface area contributed by atoms with E-state index in [4.69, 9.17) is 9.47 Å². The molecule has 0 spiro atoms. The number of nitrogens with zero attached hydrogens (tertiary/aromatic N) is 1. The Kier molecular flexibility index (Phi) is 9.57. The molecule has 1 N–H and O–H groups in total. The summed E-state index contributed by atoms with van der Waals surface area (Å²) in [5.74, 6) is 2.49. The van der Waals surface area contributed by atoms with Crippen LogP contribution in [0.3, 0.4) is 0 Å². The van der Waals surface area contributed by atoms with Crippen molar-refractivity contribution >= 4 is 24.8 Å². The first-order chi connectivity index (χ1) is 13.3. The number of hydrogen-bond acceptors (Lipinski definition) is 4. The van der Waals surface area contributed by atoms with Crippen LogP contribution in [0.1, 0.15) is 36.9 Å². The normalized spacial score (nSPS) is 17.6. The number of benzene rings is 2. The van der Waals surface area contributed by atoms with Crippen molar-refractivity contribution in [1.29, 1.82) is 0 Å². The smallest absolute Gasteiger partial charge is 0.161 e. The molecule has 1 aliphatic carbocycles. The van der Waals surface area contributed by atoms with Crippen LogP contribution in [0.15, 0.2) is 48.5 Å². The standard InChI is InChI=1S/C23H30N2O2.2ClH/c1-2-26-22-16-20(23(19-8-9-19)25-14-12-24-13-15-25)10-11-21(22)27-17-18-6-4-3-5-7-18;;/h3-7,10-11,16,19,23-24H,2,8-9,12-15,17H2,1H3;2*1H/t23-;;/m1../s1. The predicted octanol–water partition coefficient (Wildman–Crippen LogP) is 4.86. The van der Waals surface area contributed by atoms with E-state index in [0.29, 0.717) is 19.3 Å². The molecule has 2 aromatic rings. The molecule has 2 fully saturated rings. The molecule has 1 atom stereocenters. The van der Waals surface area contributed by atoms with E-state index in [0.717, 1.165) is 43.6 Å². The van der Waals surface area contributed by atoms with Gasteiger partial charge in [0.2, 0.25) is 0 Å². The van der Waals surface area contributed by atoms with Gasteiger partial charge in [0.05, 0.1) is 6.61 Å². The lowest BCUT2D eigenvalue weighted by Crippen LogP contribution is -2.45. The van der Waals surface area contributed by atoms with Crippen LogP contribution in [0.4, 0.5) is 0 Å². The summed E-state index contributed by atoms with van der Waals surface area (Å²) >= 11 is 0. The second-order valence-electron chi connectivity index (χ2n) is 7.48. The van der Waals surface area contributed by atoms with Crippen LogP contribution < -0.4 is 14.8 Å². The van der Waals surface area contributed by atoms with E-state index in [-0.39, 0.29) is 24.8 Å². The van der Waals surface area contributed by atoms with Gasteiger partial charge in [0.1, 0.15) is 6.61 Å². The van der Waals surface area contributed by atoms with Crippen molar-refractivity contribution in [3.63, 3.8) is 0 Å². The maximum absolute atomic E-state index is 6.08. The van der Waals surface area contributed by atoms with Crippen molar-refractivity contribution < 1.29 is 9.47 Å². The summed E-state index contributed by atoms with van der Waals surface area (Å²) in [4.78, 5) is 2.64. The Hall–Kier alpha value is -1.46. The number of halogens is 2. The van der Waals surface area contributed by atoms with E-state index in [1.165, 1.54) is 24.0 Å². The molecule has 1 saturated heterocycles. The third-order valence-corrected chi connectivity index (χ3v) is 5.46. The fourth-order valence-electron chi connectivity index (χ4n) is 3.98. The number of rotatable bonds is 8.